The molecule has 3 fully saturated rings. The molecule has 2 N–H and O–H groups in total. The number of amides is 2. The van der Waals surface area contributed by atoms with Crippen LogP contribution in [-0.4, -0.2) is 93.0 Å². The number of aromatic amines is 1. The fourth-order valence-corrected chi connectivity index (χ4v) is 6.67. The van der Waals surface area contributed by atoms with Crippen molar-refractivity contribution in [1.82, 2.24) is 30.3 Å². The lowest BCUT2D eigenvalue weighted by molar-refractivity contribution is -0.196. The van der Waals surface area contributed by atoms with Gasteiger partial charge in [-0.2, -0.15) is 18.3 Å². The van der Waals surface area contributed by atoms with Crippen molar-refractivity contribution in [2.24, 2.45) is 5.92 Å². The van der Waals surface area contributed by atoms with Gasteiger partial charge in [-0.15, -0.1) is 0 Å². The van der Waals surface area contributed by atoms with E-state index in [1.807, 2.05) is 0 Å². The van der Waals surface area contributed by atoms with Gasteiger partial charge in [0.2, 0.25) is 11.8 Å². The molecule has 5 heterocycles. The number of alkyl halides is 4. The Kier molecular flexibility index (Phi) is 8.20. The summed E-state index contributed by atoms with van der Waals surface area (Å²) < 4.78 is 74.5. The second-order valence-electron chi connectivity index (χ2n) is 12.1. The zero-order chi connectivity index (χ0) is 30.4. The van der Waals surface area contributed by atoms with E-state index in [-0.39, 0.29) is 72.7 Å². The number of likely N-dealkylation sites (tertiary alicyclic amines) is 1. The number of fused-ring (bicyclic) bond motifs is 2. The molecule has 0 saturated carbocycles. The van der Waals surface area contributed by atoms with E-state index in [4.69, 9.17) is 4.74 Å². The van der Waals surface area contributed by atoms with Crippen LogP contribution in [0.5, 0.6) is 5.88 Å². The van der Waals surface area contributed by atoms with Crippen LogP contribution in [0.3, 0.4) is 0 Å². The summed E-state index contributed by atoms with van der Waals surface area (Å²) in [4.78, 5) is 33.4. The summed E-state index contributed by atoms with van der Waals surface area (Å²) in [5.41, 5.74) is -1.27. The second kappa shape index (κ2) is 11.4. The first kappa shape index (κ1) is 30.2. The zero-order valence-corrected chi connectivity index (χ0v) is 23.7. The minimum atomic E-state index is -4.48. The molecule has 0 spiro atoms. The number of pyridine rings is 1. The normalized spacial score (nSPS) is 26.8. The summed E-state index contributed by atoms with van der Waals surface area (Å²) in [7, 11) is 1.41. The van der Waals surface area contributed by atoms with Crippen LogP contribution in [0, 0.1) is 11.7 Å². The number of rotatable bonds is 7. The summed E-state index contributed by atoms with van der Waals surface area (Å²) in [6.45, 7) is 2.02. The second-order valence-corrected chi connectivity index (χ2v) is 12.1. The van der Waals surface area contributed by atoms with Crippen LogP contribution >= 0.6 is 0 Å². The first-order valence-corrected chi connectivity index (χ1v) is 14.1. The molecule has 9 nitrogen and oxygen atoms in total. The number of piperidine rings is 2. The van der Waals surface area contributed by atoms with Crippen molar-refractivity contribution in [3.8, 4) is 17.1 Å². The molecule has 3 saturated heterocycles. The lowest BCUT2D eigenvalue weighted by Gasteiger charge is -2.43. The van der Waals surface area contributed by atoms with Gasteiger partial charge in [-0.25, -0.2) is 13.8 Å². The van der Waals surface area contributed by atoms with E-state index < -0.39 is 35.7 Å². The maximum atomic E-state index is 14.4. The van der Waals surface area contributed by atoms with E-state index in [1.165, 1.54) is 33.1 Å². The number of nitrogens with zero attached hydrogens (tertiary/aromatic N) is 4. The number of hydrogen-bond acceptors (Lipinski definition) is 6. The Bertz CT molecular complexity index is 1300. The van der Waals surface area contributed by atoms with Crippen molar-refractivity contribution in [2.45, 2.75) is 88.4 Å². The van der Waals surface area contributed by atoms with Gasteiger partial charge >= 0.3 is 6.18 Å². The Balaban J connectivity index is 1.22. The number of carbonyl (C=O) groups is 2. The first-order chi connectivity index (χ1) is 19.7. The molecule has 0 aliphatic carbocycles. The van der Waals surface area contributed by atoms with Gasteiger partial charge < -0.3 is 15.0 Å². The van der Waals surface area contributed by atoms with Gasteiger partial charge in [0.15, 0.2) is 5.82 Å². The van der Waals surface area contributed by atoms with E-state index >= 15 is 0 Å². The van der Waals surface area contributed by atoms with Crippen LogP contribution in [0.2, 0.25) is 0 Å². The quantitative estimate of drug-likeness (QED) is 0.462. The fourth-order valence-electron chi connectivity index (χ4n) is 6.67. The van der Waals surface area contributed by atoms with Crippen LogP contribution in [0.15, 0.2) is 18.3 Å². The third kappa shape index (κ3) is 6.37. The predicted octanol–water partition coefficient (Wildman–Crippen LogP) is 4.26. The SMILES string of the molecule is COc1cc(-c2cc(C(=O)N3C4CCC3CC(C(=O)N[C@H]3CC[C@H](C(F)(F)F)N(CC(C)(C)F)C3)C4)[nH]n2)c(F)cn1. The number of H-pyrrole nitrogens is 1. The topological polar surface area (TPSA) is 103 Å². The summed E-state index contributed by atoms with van der Waals surface area (Å²) in [5.74, 6) is -1.35. The smallest absolute Gasteiger partial charge is 0.404 e. The van der Waals surface area contributed by atoms with E-state index in [0.29, 0.717) is 25.7 Å². The zero-order valence-electron chi connectivity index (χ0n) is 23.7. The molecule has 3 aliphatic heterocycles. The van der Waals surface area contributed by atoms with Crippen molar-refractivity contribution in [3.63, 3.8) is 0 Å². The van der Waals surface area contributed by atoms with E-state index in [0.717, 1.165) is 11.1 Å². The predicted molar refractivity (Wildman–Crippen MR) is 142 cm³/mol. The molecule has 2 unspecified atom stereocenters. The molecule has 42 heavy (non-hydrogen) atoms. The molecule has 14 heteroatoms. The molecule has 230 valence electrons. The largest absolute Gasteiger partial charge is 0.481 e. The number of methoxy groups -OCH3 is 1. The standard InChI is InChI=1S/C28H35F5N6O3/c1-27(2,30)14-38-13-16(4-7-23(38)28(31,32)33)35-25(40)15-8-17-5-6-18(9-15)39(17)26(41)22-11-21(36-37-22)19-10-24(42-3)34-12-20(19)29/h10-12,15-18,23H,4-9,13-14H2,1-3H3,(H,35,40)(H,36,37)/t15?,16-,17?,18?,23+/m0/s1. The van der Waals surface area contributed by atoms with E-state index in [9.17, 15) is 31.5 Å². The van der Waals surface area contributed by atoms with E-state index in [2.05, 4.69) is 20.5 Å². The Morgan fingerprint density at radius 2 is 1.79 bits per heavy atom. The molecule has 2 aromatic rings. The average Bonchev–Trinajstić information content (AvgIpc) is 3.49. The van der Waals surface area contributed by atoms with Crippen molar-refractivity contribution in [3.05, 3.63) is 29.8 Å². The molecule has 2 aromatic heterocycles. The molecule has 0 radical (unpaired) electrons. The highest BCUT2D eigenvalue weighted by molar-refractivity contribution is 5.94. The molecule has 2 bridgehead atoms. The maximum Gasteiger partial charge on any atom is 0.404 e. The van der Waals surface area contributed by atoms with E-state index in [1.54, 1.807) is 4.90 Å². The number of aromatic nitrogens is 3. The Hall–Kier alpha value is -3.29. The highest BCUT2D eigenvalue weighted by Gasteiger charge is 2.49. The number of ether oxygens (including phenoxy) is 1. The number of carbonyl (C=O) groups excluding carboxylic acids is 2. The Morgan fingerprint density at radius 3 is 2.40 bits per heavy atom. The van der Waals surface area contributed by atoms with Crippen LogP contribution in [0.1, 0.15) is 62.9 Å². The van der Waals surface area contributed by atoms with Gasteiger partial charge in [-0.05, 0) is 58.4 Å². The Labute approximate surface area is 240 Å². The van der Waals surface area contributed by atoms with Gasteiger partial charge in [0.05, 0.1) is 19.0 Å². The van der Waals surface area contributed by atoms with Gasteiger partial charge in [0.1, 0.15) is 17.4 Å². The summed E-state index contributed by atoms with van der Waals surface area (Å²) in [5, 5.41) is 9.72. The lowest BCUT2D eigenvalue weighted by atomic mass is 9.88. The number of nitrogens with one attached hydrogen (secondary N) is 2. The van der Waals surface area contributed by atoms with Gasteiger partial charge in [-0.1, -0.05) is 0 Å². The molecular formula is C28H35F5N6O3. The van der Waals surface area contributed by atoms with Crippen LogP contribution in [0.4, 0.5) is 22.0 Å². The van der Waals surface area contributed by atoms with Crippen molar-refractivity contribution in [2.75, 3.05) is 20.2 Å². The minimum absolute atomic E-state index is 0.0838. The highest BCUT2D eigenvalue weighted by Crippen LogP contribution is 2.40. The molecule has 2 amide bonds. The third-order valence-corrected chi connectivity index (χ3v) is 8.45. The fraction of sp³-hybridized carbons (Fsp3) is 0.643. The lowest BCUT2D eigenvalue weighted by Crippen LogP contribution is -2.59. The van der Waals surface area contributed by atoms with Gasteiger partial charge in [-0.3, -0.25) is 19.6 Å². The Morgan fingerprint density at radius 1 is 1.10 bits per heavy atom. The molecule has 3 aliphatic rings. The monoisotopic (exact) mass is 598 g/mol. The first-order valence-electron chi connectivity index (χ1n) is 14.1. The summed E-state index contributed by atoms with van der Waals surface area (Å²) in [6.07, 6.45) is -1.26. The molecule has 4 atom stereocenters. The minimum Gasteiger partial charge on any atom is -0.481 e. The molecule has 5 rings (SSSR count). The van der Waals surface area contributed by atoms with Crippen LogP contribution in [0.25, 0.3) is 11.3 Å². The summed E-state index contributed by atoms with van der Waals surface area (Å²) in [6, 6.07) is 0.209. The summed E-state index contributed by atoms with van der Waals surface area (Å²) >= 11 is 0. The number of halogens is 5. The van der Waals surface area contributed by atoms with Crippen LogP contribution < -0.4 is 10.1 Å². The van der Waals surface area contributed by atoms with Gasteiger partial charge in [0, 0.05) is 48.8 Å². The molecular weight excluding hydrogens is 563 g/mol. The van der Waals surface area contributed by atoms with Crippen LogP contribution in [-0.2, 0) is 4.79 Å². The van der Waals surface area contributed by atoms with Crippen molar-refractivity contribution >= 4 is 11.8 Å². The molecule has 0 aromatic carbocycles. The average molecular weight is 599 g/mol. The third-order valence-electron chi connectivity index (χ3n) is 8.45. The van der Waals surface area contributed by atoms with Gasteiger partial charge in [0.25, 0.3) is 5.91 Å². The maximum absolute atomic E-state index is 14.4. The van der Waals surface area contributed by atoms with Crippen molar-refractivity contribution in [1.29, 1.82) is 0 Å². The van der Waals surface area contributed by atoms with Crippen molar-refractivity contribution < 1.29 is 36.3 Å². The highest BCUT2D eigenvalue weighted by atomic mass is 19.4. The number of hydrogen-bond donors (Lipinski definition) is 2.